The molecule has 0 aromatic carbocycles. The standard InChI is InChI=1S/C8H11N5/c1-6-4-8-12-11-7(2-3-9)13(8)5-10-6/h4-5H,2-3,9H2,1H3. The van der Waals surface area contributed by atoms with Crippen LogP contribution in [0.2, 0.25) is 0 Å². The maximum absolute atomic E-state index is 5.44. The molecule has 2 aromatic heterocycles. The van der Waals surface area contributed by atoms with Crippen LogP contribution in [-0.4, -0.2) is 26.1 Å². The summed E-state index contributed by atoms with van der Waals surface area (Å²) < 4.78 is 1.86. The van der Waals surface area contributed by atoms with Crippen molar-refractivity contribution in [2.75, 3.05) is 6.54 Å². The fourth-order valence-electron chi connectivity index (χ4n) is 1.23. The van der Waals surface area contributed by atoms with Gasteiger partial charge < -0.3 is 5.73 Å². The number of rotatable bonds is 2. The predicted molar refractivity (Wildman–Crippen MR) is 48.3 cm³/mol. The third-order valence-electron chi connectivity index (χ3n) is 1.88. The Hall–Kier alpha value is -1.49. The van der Waals surface area contributed by atoms with E-state index in [1.165, 1.54) is 0 Å². The number of fused-ring (bicyclic) bond motifs is 1. The molecule has 68 valence electrons. The largest absolute Gasteiger partial charge is 0.330 e. The van der Waals surface area contributed by atoms with Gasteiger partial charge in [0.25, 0.3) is 0 Å². The average Bonchev–Trinajstić information content (AvgIpc) is 2.49. The van der Waals surface area contributed by atoms with E-state index < -0.39 is 0 Å². The predicted octanol–water partition coefficient (Wildman–Crippen LogP) is -0.0661. The van der Waals surface area contributed by atoms with Gasteiger partial charge in [-0.1, -0.05) is 0 Å². The van der Waals surface area contributed by atoms with Crippen molar-refractivity contribution in [3.8, 4) is 0 Å². The minimum absolute atomic E-state index is 0.578. The van der Waals surface area contributed by atoms with Gasteiger partial charge in [-0.2, -0.15) is 0 Å². The summed E-state index contributed by atoms with van der Waals surface area (Å²) >= 11 is 0. The molecule has 0 saturated heterocycles. The zero-order chi connectivity index (χ0) is 9.26. The molecule has 2 rings (SSSR count). The molecule has 0 atom stereocenters. The van der Waals surface area contributed by atoms with Gasteiger partial charge in [-0.25, -0.2) is 4.98 Å². The quantitative estimate of drug-likeness (QED) is 0.697. The van der Waals surface area contributed by atoms with Gasteiger partial charge in [0.05, 0.1) is 0 Å². The Balaban J connectivity index is 2.55. The molecule has 0 aliphatic rings. The summed E-state index contributed by atoms with van der Waals surface area (Å²) in [6.45, 7) is 2.51. The minimum atomic E-state index is 0.578. The summed E-state index contributed by atoms with van der Waals surface area (Å²) in [5.41, 5.74) is 7.21. The molecule has 2 aromatic rings. The summed E-state index contributed by atoms with van der Waals surface area (Å²) in [6, 6.07) is 1.90. The molecule has 0 bridgehead atoms. The zero-order valence-electron chi connectivity index (χ0n) is 7.44. The molecule has 0 saturated carbocycles. The molecular weight excluding hydrogens is 166 g/mol. The lowest BCUT2D eigenvalue weighted by atomic mass is 10.4. The molecule has 0 fully saturated rings. The maximum Gasteiger partial charge on any atom is 0.163 e. The SMILES string of the molecule is Cc1cc2nnc(CCN)n2cn1. The molecule has 0 spiro atoms. The normalized spacial score (nSPS) is 10.9. The van der Waals surface area contributed by atoms with Crippen molar-refractivity contribution in [2.45, 2.75) is 13.3 Å². The minimum Gasteiger partial charge on any atom is -0.330 e. The average molecular weight is 177 g/mol. The summed E-state index contributed by atoms with van der Waals surface area (Å²) in [7, 11) is 0. The number of nitrogens with two attached hydrogens (primary N) is 1. The van der Waals surface area contributed by atoms with Crippen LogP contribution in [-0.2, 0) is 6.42 Å². The first-order chi connectivity index (χ1) is 6.31. The van der Waals surface area contributed by atoms with Gasteiger partial charge in [-0.05, 0) is 13.5 Å². The summed E-state index contributed by atoms with van der Waals surface area (Å²) in [5, 5.41) is 8.03. The van der Waals surface area contributed by atoms with Gasteiger partial charge in [0.2, 0.25) is 0 Å². The van der Waals surface area contributed by atoms with Gasteiger partial charge in [0.15, 0.2) is 5.65 Å². The number of aromatic nitrogens is 4. The number of hydrogen-bond donors (Lipinski definition) is 1. The van der Waals surface area contributed by atoms with E-state index >= 15 is 0 Å². The summed E-state index contributed by atoms with van der Waals surface area (Å²) in [4.78, 5) is 4.16. The Morgan fingerprint density at radius 3 is 3.08 bits per heavy atom. The Morgan fingerprint density at radius 2 is 2.31 bits per heavy atom. The third-order valence-corrected chi connectivity index (χ3v) is 1.88. The van der Waals surface area contributed by atoms with E-state index in [0.717, 1.165) is 23.6 Å². The highest BCUT2D eigenvalue weighted by molar-refractivity contribution is 5.37. The fraction of sp³-hybridized carbons (Fsp3) is 0.375. The molecule has 5 nitrogen and oxygen atoms in total. The lowest BCUT2D eigenvalue weighted by Crippen LogP contribution is -2.06. The van der Waals surface area contributed by atoms with Crippen LogP contribution in [0, 0.1) is 6.92 Å². The van der Waals surface area contributed by atoms with Crippen LogP contribution in [0.3, 0.4) is 0 Å². The first-order valence-corrected chi connectivity index (χ1v) is 4.17. The smallest absolute Gasteiger partial charge is 0.163 e. The van der Waals surface area contributed by atoms with Crippen LogP contribution < -0.4 is 5.73 Å². The number of aryl methyl sites for hydroxylation is 1. The second-order valence-electron chi connectivity index (χ2n) is 2.91. The van der Waals surface area contributed by atoms with Crippen molar-refractivity contribution in [3.05, 3.63) is 23.9 Å². The highest BCUT2D eigenvalue weighted by Gasteiger charge is 2.03. The van der Waals surface area contributed by atoms with Crippen molar-refractivity contribution in [1.29, 1.82) is 0 Å². The van der Waals surface area contributed by atoms with Crippen molar-refractivity contribution < 1.29 is 0 Å². The Kier molecular flexibility index (Phi) is 1.94. The Labute approximate surface area is 75.6 Å². The molecular formula is C8H11N5. The molecule has 0 aliphatic carbocycles. The van der Waals surface area contributed by atoms with Crippen LogP contribution in [0.25, 0.3) is 5.65 Å². The van der Waals surface area contributed by atoms with E-state index in [2.05, 4.69) is 15.2 Å². The maximum atomic E-state index is 5.44. The molecule has 0 amide bonds. The second kappa shape index (κ2) is 3.10. The first kappa shape index (κ1) is 8.12. The Morgan fingerprint density at radius 1 is 1.46 bits per heavy atom. The van der Waals surface area contributed by atoms with Gasteiger partial charge in [0, 0.05) is 18.2 Å². The molecule has 2 heterocycles. The van der Waals surface area contributed by atoms with E-state index in [-0.39, 0.29) is 0 Å². The fourth-order valence-corrected chi connectivity index (χ4v) is 1.23. The van der Waals surface area contributed by atoms with Crippen LogP contribution >= 0.6 is 0 Å². The van der Waals surface area contributed by atoms with E-state index in [1.54, 1.807) is 6.33 Å². The molecule has 2 N–H and O–H groups in total. The second-order valence-corrected chi connectivity index (χ2v) is 2.91. The topological polar surface area (TPSA) is 69.1 Å². The van der Waals surface area contributed by atoms with E-state index in [0.29, 0.717) is 6.54 Å². The first-order valence-electron chi connectivity index (χ1n) is 4.17. The van der Waals surface area contributed by atoms with Crippen LogP contribution in [0.4, 0.5) is 0 Å². The lowest BCUT2D eigenvalue weighted by Gasteiger charge is -1.96. The highest BCUT2D eigenvalue weighted by atomic mass is 15.3. The number of nitrogens with zero attached hydrogens (tertiary/aromatic N) is 4. The molecule has 0 aliphatic heterocycles. The monoisotopic (exact) mass is 177 g/mol. The lowest BCUT2D eigenvalue weighted by molar-refractivity contribution is 0.839. The highest BCUT2D eigenvalue weighted by Crippen LogP contribution is 2.03. The number of hydrogen-bond acceptors (Lipinski definition) is 4. The summed E-state index contributed by atoms with van der Waals surface area (Å²) in [6.07, 6.45) is 2.46. The van der Waals surface area contributed by atoms with E-state index in [1.807, 2.05) is 17.4 Å². The van der Waals surface area contributed by atoms with E-state index in [4.69, 9.17) is 5.73 Å². The van der Waals surface area contributed by atoms with Crippen LogP contribution in [0.1, 0.15) is 11.5 Å². The molecule has 0 unspecified atom stereocenters. The van der Waals surface area contributed by atoms with Crippen LogP contribution in [0.5, 0.6) is 0 Å². The van der Waals surface area contributed by atoms with Crippen molar-refractivity contribution in [1.82, 2.24) is 19.6 Å². The Bertz CT molecular complexity index is 419. The van der Waals surface area contributed by atoms with Crippen molar-refractivity contribution >= 4 is 5.65 Å². The zero-order valence-corrected chi connectivity index (χ0v) is 7.44. The van der Waals surface area contributed by atoms with Gasteiger partial charge >= 0.3 is 0 Å². The van der Waals surface area contributed by atoms with E-state index in [9.17, 15) is 0 Å². The molecule has 5 heteroatoms. The van der Waals surface area contributed by atoms with Gasteiger partial charge in [-0.15, -0.1) is 10.2 Å². The van der Waals surface area contributed by atoms with Crippen molar-refractivity contribution in [2.24, 2.45) is 5.73 Å². The van der Waals surface area contributed by atoms with Crippen LogP contribution in [0.15, 0.2) is 12.4 Å². The molecule has 13 heavy (non-hydrogen) atoms. The van der Waals surface area contributed by atoms with Gasteiger partial charge in [0.1, 0.15) is 12.2 Å². The third kappa shape index (κ3) is 1.38. The van der Waals surface area contributed by atoms with Crippen molar-refractivity contribution in [3.63, 3.8) is 0 Å². The van der Waals surface area contributed by atoms with Gasteiger partial charge in [-0.3, -0.25) is 4.40 Å². The summed E-state index contributed by atoms with van der Waals surface area (Å²) in [5.74, 6) is 0.866. The molecule has 0 radical (unpaired) electrons.